The van der Waals surface area contributed by atoms with Gasteiger partial charge in [-0.2, -0.15) is 16.7 Å². The van der Waals surface area contributed by atoms with Crippen LogP contribution in [0.15, 0.2) is 4.52 Å². The van der Waals surface area contributed by atoms with E-state index in [9.17, 15) is 0 Å². The zero-order valence-corrected chi connectivity index (χ0v) is 11.1. The fourth-order valence-corrected chi connectivity index (χ4v) is 1.78. The van der Waals surface area contributed by atoms with E-state index in [-0.39, 0.29) is 0 Å². The van der Waals surface area contributed by atoms with Crippen molar-refractivity contribution in [2.75, 3.05) is 6.54 Å². The number of rotatable bonds is 7. The molecule has 16 heavy (non-hydrogen) atoms. The highest BCUT2D eigenvalue weighted by Gasteiger charge is 2.08. The van der Waals surface area contributed by atoms with Gasteiger partial charge in [0.05, 0.1) is 5.75 Å². The number of nitrogens with two attached hydrogens (primary N) is 1. The molecule has 1 rings (SSSR count). The molecule has 0 aliphatic heterocycles. The van der Waals surface area contributed by atoms with Gasteiger partial charge in [-0.25, -0.2) is 0 Å². The molecule has 0 spiro atoms. The second kappa shape index (κ2) is 6.91. The summed E-state index contributed by atoms with van der Waals surface area (Å²) in [5.74, 6) is 2.88. The summed E-state index contributed by atoms with van der Waals surface area (Å²) in [6.07, 6.45) is 1.84. The lowest BCUT2D eigenvalue weighted by atomic mass is 10.1. The van der Waals surface area contributed by atoms with Crippen LogP contribution < -0.4 is 5.73 Å². The van der Waals surface area contributed by atoms with Crippen molar-refractivity contribution in [3.05, 3.63) is 11.7 Å². The molecule has 0 amide bonds. The zero-order valence-electron chi connectivity index (χ0n) is 10.3. The highest BCUT2D eigenvalue weighted by atomic mass is 32.2. The molecule has 0 aliphatic rings. The predicted molar refractivity (Wildman–Crippen MR) is 67.3 cm³/mol. The summed E-state index contributed by atoms with van der Waals surface area (Å²) < 4.78 is 5.18. The molecule has 2 N–H and O–H groups in total. The molecule has 0 fully saturated rings. The van der Waals surface area contributed by atoms with E-state index in [2.05, 4.69) is 30.9 Å². The Morgan fingerprint density at radius 3 is 2.75 bits per heavy atom. The second-order valence-corrected chi connectivity index (χ2v) is 5.91. The quantitative estimate of drug-likeness (QED) is 0.795. The van der Waals surface area contributed by atoms with E-state index in [0.29, 0.717) is 17.7 Å². The van der Waals surface area contributed by atoms with Crippen molar-refractivity contribution in [1.82, 2.24) is 10.1 Å². The van der Waals surface area contributed by atoms with Crippen LogP contribution in [0.3, 0.4) is 0 Å². The Kier molecular flexibility index (Phi) is 5.84. The number of aryl methyl sites for hydroxylation is 1. The molecule has 0 aliphatic carbocycles. The van der Waals surface area contributed by atoms with Gasteiger partial charge in [-0.15, -0.1) is 0 Å². The van der Waals surface area contributed by atoms with E-state index >= 15 is 0 Å². The summed E-state index contributed by atoms with van der Waals surface area (Å²) in [4.78, 5) is 4.35. The minimum Gasteiger partial charge on any atom is -0.339 e. The first kappa shape index (κ1) is 13.5. The maximum atomic E-state index is 5.55. The molecule has 1 aromatic heterocycles. The van der Waals surface area contributed by atoms with Crippen LogP contribution >= 0.6 is 11.8 Å². The number of nitrogens with zero attached hydrogens (tertiary/aromatic N) is 2. The fraction of sp³-hybridized carbons (Fsp3) is 0.818. The van der Waals surface area contributed by atoms with E-state index in [1.807, 2.05) is 11.8 Å². The monoisotopic (exact) mass is 243 g/mol. The van der Waals surface area contributed by atoms with Crippen molar-refractivity contribution in [2.45, 2.75) is 44.6 Å². The molecule has 0 radical (unpaired) electrons. The SMILES string of the molecule is CC(CN)CCc1nc(CSC(C)C)no1. The molecule has 1 unspecified atom stereocenters. The van der Waals surface area contributed by atoms with Crippen molar-refractivity contribution in [1.29, 1.82) is 0 Å². The number of hydrogen-bond donors (Lipinski definition) is 1. The van der Waals surface area contributed by atoms with Gasteiger partial charge < -0.3 is 10.3 Å². The predicted octanol–water partition coefficient (Wildman–Crippen LogP) is 2.24. The van der Waals surface area contributed by atoms with Gasteiger partial charge in [-0.05, 0) is 24.1 Å². The van der Waals surface area contributed by atoms with E-state index < -0.39 is 0 Å². The van der Waals surface area contributed by atoms with Gasteiger partial charge in [0.15, 0.2) is 5.82 Å². The van der Waals surface area contributed by atoms with Crippen LogP contribution in [0.5, 0.6) is 0 Å². The van der Waals surface area contributed by atoms with Crippen LogP contribution in [-0.4, -0.2) is 21.9 Å². The maximum Gasteiger partial charge on any atom is 0.226 e. The molecule has 0 aromatic carbocycles. The van der Waals surface area contributed by atoms with Gasteiger partial charge in [0, 0.05) is 6.42 Å². The van der Waals surface area contributed by atoms with Gasteiger partial charge in [-0.3, -0.25) is 0 Å². The third kappa shape index (κ3) is 4.99. The average molecular weight is 243 g/mol. The van der Waals surface area contributed by atoms with Crippen LogP contribution in [0.4, 0.5) is 0 Å². The minimum absolute atomic E-state index is 0.514. The molecular weight excluding hydrogens is 222 g/mol. The van der Waals surface area contributed by atoms with Gasteiger partial charge in [0.1, 0.15) is 0 Å². The summed E-state index contributed by atoms with van der Waals surface area (Å²) in [5.41, 5.74) is 5.55. The van der Waals surface area contributed by atoms with Crippen LogP contribution in [-0.2, 0) is 12.2 Å². The van der Waals surface area contributed by atoms with Gasteiger partial charge >= 0.3 is 0 Å². The van der Waals surface area contributed by atoms with Crippen molar-refractivity contribution >= 4 is 11.8 Å². The van der Waals surface area contributed by atoms with Crippen LogP contribution in [0, 0.1) is 5.92 Å². The lowest BCUT2D eigenvalue weighted by molar-refractivity contribution is 0.362. The molecular formula is C11H21N3OS. The average Bonchev–Trinajstić information content (AvgIpc) is 2.71. The van der Waals surface area contributed by atoms with E-state index in [1.165, 1.54) is 0 Å². The Morgan fingerprint density at radius 2 is 2.12 bits per heavy atom. The molecule has 0 saturated heterocycles. The summed E-state index contributed by atoms with van der Waals surface area (Å²) in [5, 5.41) is 4.55. The zero-order chi connectivity index (χ0) is 12.0. The Bertz CT molecular complexity index is 301. The topological polar surface area (TPSA) is 64.9 Å². The molecule has 5 heteroatoms. The number of hydrogen-bond acceptors (Lipinski definition) is 5. The highest BCUT2D eigenvalue weighted by molar-refractivity contribution is 7.99. The van der Waals surface area contributed by atoms with Crippen molar-refractivity contribution in [2.24, 2.45) is 11.7 Å². The Hall–Kier alpha value is -0.550. The molecule has 1 aromatic rings. The van der Waals surface area contributed by atoms with Gasteiger partial charge in [0.2, 0.25) is 5.89 Å². The normalized spacial score (nSPS) is 13.3. The first-order chi connectivity index (χ1) is 7.61. The van der Waals surface area contributed by atoms with Gasteiger partial charge in [-0.1, -0.05) is 25.9 Å². The molecule has 0 bridgehead atoms. The number of aromatic nitrogens is 2. The van der Waals surface area contributed by atoms with E-state index in [1.54, 1.807) is 0 Å². The van der Waals surface area contributed by atoms with Crippen molar-refractivity contribution < 1.29 is 4.52 Å². The summed E-state index contributed by atoms with van der Waals surface area (Å²) in [6, 6.07) is 0. The number of thioether (sulfide) groups is 1. The molecule has 4 nitrogen and oxygen atoms in total. The first-order valence-electron chi connectivity index (χ1n) is 5.75. The lowest BCUT2D eigenvalue weighted by Crippen LogP contribution is -2.11. The smallest absolute Gasteiger partial charge is 0.226 e. The fourth-order valence-electron chi connectivity index (χ4n) is 1.18. The summed E-state index contributed by atoms with van der Waals surface area (Å²) in [6.45, 7) is 7.17. The molecule has 1 heterocycles. The Balaban J connectivity index is 2.33. The van der Waals surface area contributed by atoms with Crippen molar-refractivity contribution in [3.8, 4) is 0 Å². The first-order valence-corrected chi connectivity index (χ1v) is 6.79. The van der Waals surface area contributed by atoms with Crippen LogP contribution in [0.2, 0.25) is 0 Å². The summed E-state index contributed by atoms with van der Waals surface area (Å²) in [7, 11) is 0. The highest BCUT2D eigenvalue weighted by Crippen LogP contribution is 2.15. The van der Waals surface area contributed by atoms with Crippen LogP contribution in [0.25, 0.3) is 0 Å². The van der Waals surface area contributed by atoms with E-state index in [0.717, 1.165) is 30.3 Å². The third-order valence-corrected chi connectivity index (χ3v) is 3.40. The molecule has 1 atom stereocenters. The Morgan fingerprint density at radius 1 is 1.38 bits per heavy atom. The molecule has 0 saturated carbocycles. The third-order valence-electron chi connectivity index (χ3n) is 2.31. The largest absolute Gasteiger partial charge is 0.339 e. The maximum absolute atomic E-state index is 5.55. The van der Waals surface area contributed by atoms with E-state index in [4.69, 9.17) is 10.3 Å². The van der Waals surface area contributed by atoms with Crippen LogP contribution in [0.1, 0.15) is 38.9 Å². The van der Waals surface area contributed by atoms with Crippen molar-refractivity contribution in [3.63, 3.8) is 0 Å². The summed E-state index contributed by atoms with van der Waals surface area (Å²) >= 11 is 1.82. The Labute approximate surface area is 101 Å². The van der Waals surface area contributed by atoms with Gasteiger partial charge in [0.25, 0.3) is 0 Å². The lowest BCUT2D eigenvalue weighted by Gasteiger charge is -2.04. The minimum atomic E-state index is 0.514. The second-order valence-electron chi connectivity index (χ2n) is 4.34. The molecule has 92 valence electrons. The standard InChI is InChI=1S/C11H21N3OS/c1-8(2)16-7-10-13-11(15-14-10)5-4-9(3)6-12/h8-9H,4-7,12H2,1-3H3.